The minimum atomic E-state index is -1.26. The maximum absolute atomic E-state index is 10.8. The van der Waals surface area contributed by atoms with Crippen molar-refractivity contribution in [2.45, 2.75) is 6.92 Å². The van der Waals surface area contributed by atoms with Crippen molar-refractivity contribution in [1.82, 2.24) is 9.78 Å². The first-order chi connectivity index (χ1) is 8.00. The largest absolute Gasteiger partial charge is 0.504 e. The van der Waals surface area contributed by atoms with E-state index >= 15 is 0 Å². The second-order valence-electron chi connectivity index (χ2n) is 3.52. The SMILES string of the molecule is Cc1cccc(-n2cc(O)c(C(=O)O)n2)c1Br. The lowest BCUT2D eigenvalue weighted by atomic mass is 10.2. The molecule has 0 aliphatic rings. The van der Waals surface area contributed by atoms with Crippen molar-refractivity contribution in [1.29, 1.82) is 0 Å². The fourth-order valence-electron chi connectivity index (χ4n) is 1.45. The van der Waals surface area contributed by atoms with Gasteiger partial charge in [-0.2, -0.15) is 5.10 Å². The number of rotatable bonds is 2. The van der Waals surface area contributed by atoms with E-state index in [1.165, 1.54) is 10.9 Å². The summed E-state index contributed by atoms with van der Waals surface area (Å²) in [5.41, 5.74) is 1.31. The van der Waals surface area contributed by atoms with E-state index in [4.69, 9.17) is 5.11 Å². The van der Waals surface area contributed by atoms with Crippen molar-refractivity contribution in [3.8, 4) is 11.4 Å². The minimum Gasteiger partial charge on any atom is -0.504 e. The third kappa shape index (κ3) is 2.03. The molecule has 0 saturated carbocycles. The van der Waals surface area contributed by atoms with Crippen LogP contribution >= 0.6 is 15.9 Å². The number of carboxylic acids is 1. The van der Waals surface area contributed by atoms with Gasteiger partial charge in [-0.3, -0.25) is 0 Å². The summed E-state index contributed by atoms with van der Waals surface area (Å²) < 4.78 is 2.13. The lowest BCUT2D eigenvalue weighted by Crippen LogP contribution is -2.02. The molecule has 1 aromatic carbocycles. The van der Waals surface area contributed by atoms with E-state index in [-0.39, 0.29) is 11.4 Å². The summed E-state index contributed by atoms with van der Waals surface area (Å²) in [5, 5.41) is 22.1. The van der Waals surface area contributed by atoms with Crippen LogP contribution in [-0.4, -0.2) is 26.0 Å². The standard InChI is InChI=1S/C11H9BrN2O3/c1-6-3-2-4-7(9(6)12)14-5-8(15)10(13-14)11(16)17/h2-5,15H,1H3,(H,16,17). The molecule has 0 amide bonds. The summed E-state index contributed by atoms with van der Waals surface area (Å²) >= 11 is 3.40. The highest BCUT2D eigenvalue weighted by Gasteiger charge is 2.16. The number of aromatic carboxylic acids is 1. The summed E-state index contributed by atoms with van der Waals surface area (Å²) in [5.74, 6) is -1.61. The van der Waals surface area contributed by atoms with Crippen molar-refractivity contribution in [2.75, 3.05) is 0 Å². The zero-order valence-electron chi connectivity index (χ0n) is 8.88. The van der Waals surface area contributed by atoms with Crippen LogP contribution in [0, 0.1) is 6.92 Å². The highest BCUT2D eigenvalue weighted by molar-refractivity contribution is 9.10. The third-order valence-corrected chi connectivity index (χ3v) is 3.35. The molecule has 0 unspecified atom stereocenters. The second kappa shape index (κ2) is 4.21. The Bertz CT molecular complexity index is 592. The molecule has 5 nitrogen and oxygen atoms in total. The number of hydrogen-bond donors (Lipinski definition) is 2. The molecule has 0 saturated heterocycles. The number of benzene rings is 1. The number of aryl methyl sites for hydroxylation is 1. The van der Waals surface area contributed by atoms with Crippen LogP contribution in [0.15, 0.2) is 28.9 Å². The third-order valence-electron chi connectivity index (χ3n) is 2.32. The van der Waals surface area contributed by atoms with Crippen molar-refractivity contribution < 1.29 is 15.0 Å². The zero-order chi connectivity index (χ0) is 12.6. The average molecular weight is 297 g/mol. The molecule has 2 rings (SSSR count). The molecule has 1 aromatic heterocycles. The molecule has 88 valence electrons. The van der Waals surface area contributed by atoms with Gasteiger partial charge in [-0.15, -0.1) is 0 Å². The maximum Gasteiger partial charge on any atom is 0.360 e. The van der Waals surface area contributed by atoms with Crippen molar-refractivity contribution in [3.63, 3.8) is 0 Å². The Balaban J connectivity index is 2.58. The maximum atomic E-state index is 10.8. The van der Waals surface area contributed by atoms with Gasteiger partial charge in [-0.1, -0.05) is 12.1 Å². The van der Waals surface area contributed by atoms with Gasteiger partial charge in [0.2, 0.25) is 5.69 Å². The lowest BCUT2D eigenvalue weighted by Gasteiger charge is -2.06. The van der Waals surface area contributed by atoms with Crippen molar-refractivity contribution >= 4 is 21.9 Å². The average Bonchev–Trinajstić information content (AvgIpc) is 2.64. The van der Waals surface area contributed by atoms with E-state index in [0.717, 1.165) is 10.0 Å². The molecule has 0 aliphatic heterocycles. The molecule has 0 spiro atoms. The molecule has 0 atom stereocenters. The van der Waals surface area contributed by atoms with Gasteiger partial charge in [-0.05, 0) is 34.5 Å². The number of carboxylic acid groups (broad SMARTS) is 1. The van der Waals surface area contributed by atoms with E-state index < -0.39 is 5.97 Å². The van der Waals surface area contributed by atoms with Crippen LogP contribution in [0.5, 0.6) is 5.75 Å². The van der Waals surface area contributed by atoms with Gasteiger partial charge < -0.3 is 10.2 Å². The van der Waals surface area contributed by atoms with Crippen LogP contribution in [0.25, 0.3) is 5.69 Å². The molecular weight excluding hydrogens is 288 g/mol. The second-order valence-corrected chi connectivity index (χ2v) is 4.31. The fourth-order valence-corrected chi connectivity index (χ4v) is 1.90. The first-order valence-electron chi connectivity index (χ1n) is 4.78. The van der Waals surface area contributed by atoms with Gasteiger partial charge in [0.25, 0.3) is 0 Å². The highest BCUT2D eigenvalue weighted by atomic mass is 79.9. The minimum absolute atomic E-state index is 0.356. The summed E-state index contributed by atoms with van der Waals surface area (Å²) in [7, 11) is 0. The van der Waals surface area contributed by atoms with Gasteiger partial charge >= 0.3 is 5.97 Å². The first-order valence-corrected chi connectivity index (χ1v) is 5.57. The molecule has 1 heterocycles. The Morgan fingerprint density at radius 3 is 2.76 bits per heavy atom. The van der Waals surface area contributed by atoms with Crippen LogP contribution < -0.4 is 0 Å². The lowest BCUT2D eigenvalue weighted by molar-refractivity contribution is 0.0687. The summed E-state index contributed by atoms with van der Waals surface area (Å²) in [6.45, 7) is 1.91. The van der Waals surface area contributed by atoms with Crippen LogP contribution in [0.4, 0.5) is 0 Å². The Kier molecular flexibility index (Phi) is 2.89. The molecule has 6 heteroatoms. The van der Waals surface area contributed by atoms with Gasteiger partial charge in [0.05, 0.1) is 11.9 Å². The van der Waals surface area contributed by atoms with E-state index in [1.54, 1.807) is 6.07 Å². The van der Waals surface area contributed by atoms with Gasteiger partial charge in [-0.25, -0.2) is 9.48 Å². The number of halogens is 1. The van der Waals surface area contributed by atoms with Crippen LogP contribution in [0.2, 0.25) is 0 Å². The van der Waals surface area contributed by atoms with Crippen molar-refractivity contribution in [2.24, 2.45) is 0 Å². The zero-order valence-corrected chi connectivity index (χ0v) is 10.5. The van der Waals surface area contributed by atoms with E-state index in [9.17, 15) is 9.90 Å². The van der Waals surface area contributed by atoms with E-state index in [0.29, 0.717) is 5.69 Å². The predicted octanol–water partition coefficient (Wildman–Crippen LogP) is 2.35. The first kappa shape index (κ1) is 11.7. The normalized spacial score (nSPS) is 10.5. The highest BCUT2D eigenvalue weighted by Crippen LogP contribution is 2.26. The molecular formula is C11H9BrN2O3. The Morgan fingerprint density at radius 1 is 1.47 bits per heavy atom. The van der Waals surface area contributed by atoms with Crippen molar-refractivity contribution in [3.05, 3.63) is 40.1 Å². The van der Waals surface area contributed by atoms with Gasteiger partial charge in [0, 0.05) is 4.47 Å². The van der Waals surface area contributed by atoms with E-state index in [1.807, 2.05) is 19.1 Å². The molecule has 17 heavy (non-hydrogen) atoms. The monoisotopic (exact) mass is 296 g/mol. The van der Waals surface area contributed by atoms with E-state index in [2.05, 4.69) is 21.0 Å². The number of hydrogen-bond acceptors (Lipinski definition) is 3. The molecule has 2 aromatic rings. The van der Waals surface area contributed by atoms with Gasteiger partial charge in [0.1, 0.15) is 0 Å². The fraction of sp³-hybridized carbons (Fsp3) is 0.0909. The van der Waals surface area contributed by atoms with Crippen LogP contribution in [0.3, 0.4) is 0 Å². The molecule has 2 N–H and O–H groups in total. The van der Waals surface area contributed by atoms with Crippen LogP contribution in [-0.2, 0) is 0 Å². The number of nitrogens with zero attached hydrogens (tertiary/aromatic N) is 2. The predicted molar refractivity (Wildman–Crippen MR) is 64.6 cm³/mol. The summed E-state index contributed by atoms with van der Waals surface area (Å²) in [6.07, 6.45) is 1.27. The summed E-state index contributed by atoms with van der Waals surface area (Å²) in [6, 6.07) is 5.51. The Morgan fingerprint density at radius 2 is 2.18 bits per heavy atom. The topological polar surface area (TPSA) is 75.4 Å². The molecule has 0 radical (unpaired) electrons. The molecule has 0 bridgehead atoms. The number of carbonyl (C=O) groups is 1. The molecule has 0 aliphatic carbocycles. The van der Waals surface area contributed by atoms with Crippen LogP contribution in [0.1, 0.15) is 16.1 Å². The van der Waals surface area contributed by atoms with Gasteiger partial charge in [0.15, 0.2) is 5.75 Å². The Hall–Kier alpha value is -1.82. The Labute approximate surface area is 105 Å². The smallest absolute Gasteiger partial charge is 0.360 e. The summed E-state index contributed by atoms with van der Waals surface area (Å²) in [4.78, 5) is 10.8. The number of aromatic hydroxyl groups is 1. The number of aromatic nitrogens is 2. The quantitative estimate of drug-likeness (QED) is 0.892. The molecule has 0 fully saturated rings.